The molecule has 0 spiro atoms. The van der Waals surface area contributed by atoms with Crippen LogP contribution in [0.5, 0.6) is 0 Å². The van der Waals surface area contributed by atoms with Crippen molar-refractivity contribution in [3.63, 3.8) is 0 Å². The lowest BCUT2D eigenvalue weighted by atomic mass is 10.0. The number of rotatable bonds is 3. The summed E-state index contributed by atoms with van der Waals surface area (Å²) in [7, 11) is 0. The number of amides is 1. The Morgan fingerprint density at radius 1 is 1.40 bits per heavy atom. The number of aryl methyl sites for hydroxylation is 1. The molecule has 1 aliphatic carbocycles. The monoisotopic (exact) mass is 304 g/mol. The molecule has 0 fully saturated rings. The van der Waals surface area contributed by atoms with Gasteiger partial charge in [-0.1, -0.05) is 17.4 Å². The Balaban J connectivity index is 1.69. The summed E-state index contributed by atoms with van der Waals surface area (Å²) >= 11 is 2.84. The second kappa shape index (κ2) is 5.68. The Hall–Kier alpha value is -1.79. The summed E-state index contributed by atoms with van der Waals surface area (Å²) in [5.74, 6) is -0.0877. The fourth-order valence-electron chi connectivity index (χ4n) is 2.01. The minimum Gasteiger partial charge on any atom is -0.298 e. The lowest BCUT2D eigenvalue weighted by molar-refractivity contribution is -0.111. The van der Waals surface area contributed by atoms with Crippen molar-refractivity contribution < 1.29 is 9.59 Å². The highest BCUT2D eigenvalue weighted by molar-refractivity contribution is 7.17. The fraction of sp³-hybridized carbons (Fsp3) is 0.214. The van der Waals surface area contributed by atoms with Crippen molar-refractivity contribution in [3.05, 3.63) is 39.0 Å². The first-order valence-electron chi connectivity index (χ1n) is 6.28. The van der Waals surface area contributed by atoms with E-state index in [0.717, 1.165) is 23.4 Å². The first-order valence-corrected chi connectivity index (χ1v) is 7.97. The molecule has 0 unspecified atom stereocenters. The first kappa shape index (κ1) is 13.2. The van der Waals surface area contributed by atoms with E-state index in [1.165, 1.54) is 17.4 Å². The van der Waals surface area contributed by atoms with Gasteiger partial charge in [-0.3, -0.25) is 14.9 Å². The summed E-state index contributed by atoms with van der Waals surface area (Å²) in [4.78, 5) is 29.5. The van der Waals surface area contributed by atoms with Gasteiger partial charge in [0.15, 0.2) is 10.9 Å². The van der Waals surface area contributed by atoms with Crippen LogP contribution in [-0.4, -0.2) is 16.7 Å². The quantitative estimate of drug-likeness (QED) is 0.884. The number of Topliss-reactive ketones (excluding diaryl/α,β-unsaturated/α-hetero) is 1. The average molecular weight is 304 g/mol. The fourth-order valence-corrected chi connectivity index (χ4v) is 3.61. The highest BCUT2D eigenvalue weighted by Crippen LogP contribution is 2.29. The van der Waals surface area contributed by atoms with Crippen molar-refractivity contribution in [2.45, 2.75) is 19.3 Å². The minimum absolute atomic E-state index is 0.137. The normalized spacial score (nSPS) is 14.5. The number of ketones is 1. The number of thiazole rings is 1. The standard InChI is InChI=1S/C14H12N2O2S2/c17-11-5-1-4-10-13(11)20-14(15-10)16-12(18)7-6-9-3-2-8-19-9/h2-3,6-8H,1,4-5H2,(H,15,16,18)/b7-6+. The van der Waals surface area contributed by atoms with Crippen LogP contribution in [0.2, 0.25) is 0 Å². The number of carbonyl (C=O) groups is 2. The topological polar surface area (TPSA) is 59.1 Å². The molecule has 2 aromatic rings. The van der Waals surface area contributed by atoms with Crippen LogP contribution in [0.1, 0.15) is 33.1 Å². The highest BCUT2D eigenvalue weighted by Gasteiger charge is 2.22. The molecule has 0 aromatic carbocycles. The Kier molecular flexibility index (Phi) is 3.75. The highest BCUT2D eigenvalue weighted by atomic mass is 32.1. The van der Waals surface area contributed by atoms with E-state index in [1.807, 2.05) is 17.5 Å². The number of fused-ring (bicyclic) bond motifs is 1. The number of nitrogens with zero attached hydrogens (tertiary/aromatic N) is 1. The SMILES string of the molecule is O=C(/C=C/c1cccs1)Nc1nc2c(s1)C(=O)CCC2. The molecule has 0 atom stereocenters. The predicted molar refractivity (Wildman–Crippen MR) is 81.4 cm³/mol. The van der Waals surface area contributed by atoms with Gasteiger partial charge in [-0.2, -0.15) is 0 Å². The second-order valence-electron chi connectivity index (χ2n) is 4.41. The van der Waals surface area contributed by atoms with Crippen molar-refractivity contribution >= 4 is 45.6 Å². The molecule has 0 bridgehead atoms. The molecule has 0 radical (unpaired) electrons. The Morgan fingerprint density at radius 3 is 3.05 bits per heavy atom. The number of anilines is 1. The first-order chi connectivity index (χ1) is 9.72. The number of thiophene rings is 1. The average Bonchev–Trinajstić information content (AvgIpc) is 3.05. The molecule has 0 aliphatic heterocycles. The van der Waals surface area contributed by atoms with E-state index in [4.69, 9.17) is 0 Å². The lowest BCUT2D eigenvalue weighted by Gasteiger charge is -2.05. The van der Waals surface area contributed by atoms with Gasteiger partial charge in [0.05, 0.1) is 10.6 Å². The maximum Gasteiger partial charge on any atom is 0.250 e. The molecule has 3 rings (SSSR count). The van der Waals surface area contributed by atoms with E-state index in [9.17, 15) is 9.59 Å². The van der Waals surface area contributed by atoms with Gasteiger partial charge in [0.1, 0.15) is 0 Å². The number of nitrogens with one attached hydrogen (secondary N) is 1. The van der Waals surface area contributed by atoms with Crippen molar-refractivity contribution in [2.75, 3.05) is 5.32 Å². The number of carbonyl (C=O) groups excluding carboxylic acids is 2. The van der Waals surface area contributed by atoms with Gasteiger partial charge in [0.2, 0.25) is 5.91 Å². The third-order valence-corrected chi connectivity index (χ3v) is 4.83. The van der Waals surface area contributed by atoms with Gasteiger partial charge < -0.3 is 0 Å². The molecule has 20 heavy (non-hydrogen) atoms. The molecule has 0 saturated carbocycles. The van der Waals surface area contributed by atoms with Crippen LogP contribution >= 0.6 is 22.7 Å². The number of hydrogen-bond acceptors (Lipinski definition) is 5. The van der Waals surface area contributed by atoms with Gasteiger partial charge >= 0.3 is 0 Å². The number of hydrogen-bond donors (Lipinski definition) is 1. The van der Waals surface area contributed by atoms with Crippen molar-refractivity contribution in [3.8, 4) is 0 Å². The van der Waals surface area contributed by atoms with Gasteiger partial charge in [0.25, 0.3) is 0 Å². The second-order valence-corrected chi connectivity index (χ2v) is 6.39. The zero-order valence-electron chi connectivity index (χ0n) is 10.6. The van der Waals surface area contributed by atoms with E-state index < -0.39 is 0 Å². The summed E-state index contributed by atoms with van der Waals surface area (Å²) in [5, 5.41) is 5.18. The summed E-state index contributed by atoms with van der Waals surface area (Å²) in [5.41, 5.74) is 0.823. The summed E-state index contributed by atoms with van der Waals surface area (Å²) in [6, 6.07) is 3.87. The van der Waals surface area contributed by atoms with E-state index in [0.29, 0.717) is 16.4 Å². The van der Waals surface area contributed by atoms with E-state index in [1.54, 1.807) is 17.4 Å². The molecular formula is C14H12N2O2S2. The molecule has 4 nitrogen and oxygen atoms in total. The molecule has 2 heterocycles. The van der Waals surface area contributed by atoms with Crippen molar-refractivity contribution in [1.82, 2.24) is 4.98 Å². The van der Waals surface area contributed by atoms with Gasteiger partial charge in [-0.25, -0.2) is 4.98 Å². The third-order valence-electron chi connectivity index (χ3n) is 2.94. The largest absolute Gasteiger partial charge is 0.298 e. The van der Waals surface area contributed by atoms with Crippen LogP contribution in [0.15, 0.2) is 23.6 Å². The third kappa shape index (κ3) is 2.86. The molecule has 0 saturated heterocycles. The maximum absolute atomic E-state index is 11.8. The van der Waals surface area contributed by atoms with E-state index in [2.05, 4.69) is 10.3 Å². The maximum atomic E-state index is 11.8. The Morgan fingerprint density at radius 2 is 2.30 bits per heavy atom. The van der Waals surface area contributed by atoms with Gasteiger partial charge in [-0.15, -0.1) is 11.3 Å². The molecule has 1 amide bonds. The minimum atomic E-state index is -0.225. The Labute approximate surface area is 124 Å². The van der Waals surface area contributed by atoms with Crippen LogP contribution < -0.4 is 5.32 Å². The molecule has 102 valence electrons. The van der Waals surface area contributed by atoms with E-state index in [-0.39, 0.29) is 11.7 Å². The summed E-state index contributed by atoms with van der Waals surface area (Å²) < 4.78 is 0. The molecule has 1 aliphatic rings. The van der Waals surface area contributed by atoms with E-state index >= 15 is 0 Å². The number of aromatic nitrogens is 1. The zero-order valence-corrected chi connectivity index (χ0v) is 12.2. The van der Waals surface area contributed by atoms with Crippen LogP contribution in [0.3, 0.4) is 0 Å². The lowest BCUT2D eigenvalue weighted by Crippen LogP contribution is -2.08. The summed E-state index contributed by atoms with van der Waals surface area (Å²) in [6.07, 6.45) is 5.49. The zero-order chi connectivity index (χ0) is 13.9. The van der Waals surface area contributed by atoms with Gasteiger partial charge in [0, 0.05) is 17.4 Å². The molecular weight excluding hydrogens is 292 g/mol. The van der Waals surface area contributed by atoms with Crippen LogP contribution in [-0.2, 0) is 11.2 Å². The van der Waals surface area contributed by atoms with Crippen molar-refractivity contribution in [1.29, 1.82) is 0 Å². The van der Waals surface area contributed by atoms with Gasteiger partial charge in [-0.05, 0) is 30.4 Å². The van der Waals surface area contributed by atoms with Crippen molar-refractivity contribution in [2.24, 2.45) is 0 Å². The van der Waals surface area contributed by atoms with Crippen LogP contribution in [0.25, 0.3) is 6.08 Å². The Bertz CT molecular complexity index is 671. The van der Waals surface area contributed by atoms with Crippen LogP contribution in [0, 0.1) is 0 Å². The molecule has 2 aromatic heterocycles. The predicted octanol–water partition coefficient (Wildman–Crippen LogP) is 3.38. The smallest absolute Gasteiger partial charge is 0.250 e. The van der Waals surface area contributed by atoms with Crippen LogP contribution in [0.4, 0.5) is 5.13 Å². The summed E-state index contributed by atoms with van der Waals surface area (Å²) in [6.45, 7) is 0. The molecule has 1 N–H and O–H groups in total. The molecule has 6 heteroatoms.